The zero-order valence-electron chi connectivity index (χ0n) is 13.5. The van der Waals surface area contributed by atoms with Crippen LogP contribution in [0.3, 0.4) is 0 Å². The second kappa shape index (κ2) is 7.40. The zero-order valence-corrected chi connectivity index (χ0v) is 13.5. The summed E-state index contributed by atoms with van der Waals surface area (Å²) in [6, 6.07) is 18.9. The molecule has 0 amide bonds. The summed E-state index contributed by atoms with van der Waals surface area (Å²) in [7, 11) is 0. The van der Waals surface area contributed by atoms with Gasteiger partial charge in [0.1, 0.15) is 11.5 Å². The molecular formula is C20H15NO4. The molecular weight excluding hydrogens is 318 g/mol. The Bertz CT molecular complexity index is 892. The maximum absolute atomic E-state index is 12.4. The quantitative estimate of drug-likeness (QED) is 0.535. The third-order valence-electron chi connectivity index (χ3n) is 3.37. The van der Waals surface area contributed by atoms with Gasteiger partial charge in [0.25, 0.3) is 0 Å². The molecule has 5 heteroatoms. The molecule has 0 atom stereocenters. The highest BCUT2D eigenvalue weighted by Gasteiger charge is 2.15. The largest absolute Gasteiger partial charge is 0.427 e. The topological polar surface area (TPSA) is 65.5 Å². The molecule has 3 rings (SSSR count). The standard InChI is InChI=1S/C20H15NO4/c1-14(22)24-16-10-11-17(18-9-5-6-12-21-18)19(13-16)25-20(23)15-7-3-2-4-8-15/h2-13H,1H3. The summed E-state index contributed by atoms with van der Waals surface area (Å²) in [5, 5.41) is 0. The second-order valence-electron chi connectivity index (χ2n) is 5.22. The molecule has 1 aromatic heterocycles. The minimum atomic E-state index is -0.502. The van der Waals surface area contributed by atoms with Crippen molar-refractivity contribution >= 4 is 11.9 Å². The second-order valence-corrected chi connectivity index (χ2v) is 5.22. The third-order valence-corrected chi connectivity index (χ3v) is 3.37. The molecule has 0 bridgehead atoms. The zero-order chi connectivity index (χ0) is 17.6. The molecule has 0 N–H and O–H groups in total. The molecule has 5 nitrogen and oxygen atoms in total. The predicted octanol–water partition coefficient (Wildman–Crippen LogP) is 3.89. The lowest BCUT2D eigenvalue weighted by atomic mass is 10.1. The van der Waals surface area contributed by atoms with Crippen LogP contribution in [0.5, 0.6) is 11.5 Å². The Morgan fingerprint density at radius 2 is 1.64 bits per heavy atom. The Morgan fingerprint density at radius 1 is 0.880 bits per heavy atom. The SMILES string of the molecule is CC(=O)Oc1ccc(-c2ccccn2)c(OC(=O)c2ccccc2)c1. The predicted molar refractivity (Wildman–Crippen MR) is 92.4 cm³/mol. The van der Waals surface area contributed by atoms with Crippen molar-refractivity contribution < 1.29 is 19.1 Å². The van der Waals surface area contributed by atoms with E-state index in [2.05, 4.69) is 4.98 Å². The summed E-state index contributed by atoms with van der Waals surface area (Å²) in [5.74, 6) is -0.391. The van der Waals surface area contributed by atoms with Crippen LogP contribution < -0.4 is 9.47 Å². The number of carbonyl (C=O) groups excluding carboxylic acids is 2. The Labute approximate surface area is 144 Å². The first kappa shape index (κ1) is 16.4. The maximum atomic E-state index is 12.4. The van der Waals surface area contributed by atoms with Crippen molar-refractivity contribution in [2.24, 2.45) is 0 Å². The van der Waals surface area contributed by atoms with E-state index < -0.39 is 11.9 Å². The van der Waals surface area contributed by atoms with E-state index >= 15 is 0 Å². The highest BCUT2D eigenvalue weighted by molar-refractivity contribution is 5.92. The number of ether oxygens (including phenoxy) is 2. The summed E-state index contributed by atoms with van der Waals surface area (Å²) in [4.78, 5) is 27.8. The maximum Gasteiger partial charge on any atom is 0.343 e. The van der Waals surface area contributed by atoms with Crippen LogP contribution in [0.1, 0.15) is 17.3 Å². The Balaban J connectivity index is 1.98. The highest BCUT2D eigenvalue weighted by atomic mass is 16.5. The number of benzene rings is 2. The summed E-state index contributed by atoms with van der Waals surface area (Å²) < 4.78 is 10.6. The molecule has 0 saturated carbocycles. The van der Waals surface area contributed by atoms with Crippen LogP contribution in [-0.4, -0.2) is 16.9 Å². The summed E-state index contributed by atoms with van der Waals surface area (Å²) in [5.41, 5.74) is 1.70. The molecule has 0 aliphatic heterocycles. The molecule has 124 valence electrons. The van der Waals surface area contributed by atoms with Gasteiger partial charge < -0.3 is 9.47 Å². The van der Waals surface area contributed by atoms with E-state index in [9.17, 15) is 9.59 Å². The van der Waals surface area contributed by atoms with Crippen molar-refractivity contribution in [2.75, 3.05) is 0 Å². The van der Waals surface area contributed by atoms with Crippen LogP contribution in [0, 0.1) is 0 Å². The number of hydrogen-bond acceptors (Lipinski definition) is 5. The van der Waals surface area contributed by atoms with Crippen molar-refractivity contribution in [2.45, 2.75) is 6.92 Å². The van der Waals surface area contributed by atoms with Gasteiger partial charge in [-0.25, -0.2) is 4.79 Å². The van der Waals surface area contributed by atoms with Crippen molar-refractivity contribution in [3.63, 3.8) is 0 Å². The van der Waals surface area contributed by atoms with E-state index in [1.165, 1.54) is 13.0 Å². The van der Waals surface area contributed by atoms with Crippen LogP contribution in [0.15, 0.2) is 72.9 Å². The van der Waals surface area contributed by atoms with E-state index in [1.54, 1.807) is 54.7 Å². The van der Waals surface area contributed by atoms with Gasteiger partial charge in [-0.3, -0.25) is 9.78 Å². The van der Waals surface area contributed by atoms with Crippen molar-refractivity contribution in [3.8, 4) is 22.8 Å². The lowest BCUT2D eigenvalue weighted by molar-refractivity contribution is -0.131. The first-order valence-corrected chi connectivity index (χ1v) is 7.64. The average Bonchev–Trinajstić information content (AvgIpc) is 2.63. The van der Waals surface area contributed by atoms with Gasteiger partial charge in [-0.05, 0) is 36.4 Å². The first-order valence-electron chi connectivity index (χ1n) is 7.64. The summed E-state index contributed by atoms with van der Waals surface area (Å²) >= 11 is 0. The van der Waals surface area contributed by atoms with Gasteiger partial charge in [0.2, 0.25) is 0 Å². The van der Waals surface area contributed by atoms with E-state index in [1.807, 2.05) is 12.1 Å². The number of esters is 2. The molecule has 2 aromatic carbocycles. The van der Waals surface area contributed by atoms with Crippen LogP contribution in [0.4, 0.5) is 0 Å². The van der Waals surface area contributed by atoms with Crippen molar-refractivity contribution in [3.05, 3.63) is 78.5 Å². The molecule has 0 aliphatic carbocycles. The minimum absolute atomic E-state index is 0.270. The molecule has 0 unspecified atom stereocenters. The number of hydrogen-bond donors (Lipinski definition) is 0. The van der Waals surface area contributed by atoms with Crippen LogP contribution in [0.2, 0.25) is 0 Å². The van der Waals surface area contributed by atoms with E-state index in [4.69, 9.17) is 9.47 Å². The van der Waals surface area contributed by atoms with Crippen molar-refractivity contribution in [1.29, 1.82) is 0 Å². The van der Waals surface area contributed by atoms with E-state index in [-0.39, 0.29) is 5.75 Å². The molecule has 0 saturated heterocycles. The lowest BCUT2D eigenvalue weighted by Crippen LogP contribution is -2.09. The highest BCUT2D eigenvalue weighted by Crippen LogP contribution is 2.33. The number of pyridine rings is 1. The minimum Gasteiger partial charge on any atom is -0.427 e. The molecule has 25 heavy (non-hydrogen) atoms. The van der Waals surface area contributed by atoms with E-state index in [0.717, 1.165) is 0 Å². The molecule has 0 aliphatic rings. The van der Waals surface area contributed by atoms with E-state index in [0.29, 0.717) is 22.6 Å². The summed E-state index contributed by atoms with van der Waals surface area (Å²) in [6.45, 7) is 1.31. The number of aromatic nitrogens is 1. The average molecular weight is 333 g/mol. The van der Waals surface area contributed by atoms with Crippen LogP contribution in [0.25, 0.3) is 11.3 Å². The molecule has 3 aromatic rings. The Kier molecular flexibility index (Phi) is 4.85. The van der Waals surface area contributed by atoms with Gasteiger partial charge in [-0.2, -0.15) is 0 Å². The third kappa shape index (κ3) is 4.09. The summed E-state index contributed by atoms with van der Waals surface area (Å²) in [6.07, 6.45) is 1.65. The molecule has 0 spiro atoms. The van der Waals surface area contributed by atoms with Crippen molar-refractivity contribution in [1.82, 2.24) is 4.98 Å². The fraction of sp³-hybridized carbons (Fsp3) is 0.0500. The Morgan fingerprint density at radius 3 is 2.32 bits per heavy atom. The normalized spacial score (nSPS) is 10.1. The number of rotatable bonds is 4. The van der Waals surface area contributed by atoms with Gasteiger partial charge >= 0.3 is 11.9 Å². The molecule has 1 heterocycles. The fourth-order valence-corrected chi connectivity index (χ4v) is 2.28. The fourth-order valence-electron chi connectivity index (χ4n) is 2.28. The van der Waals surface area contributed by atoms with Gasteiger partial charge in [0.05, 0.1) is 11.3 Å². The number of nitrogens with zero attached hydrogens (tertiary/aromatic N) is 1. The van der Waals surface area contributed by atoms with Gasteiger partial charge in [0, 0.05) is 24.8 Å². The first-order chi connectivity index (χ1) is 12.1. The van der Waals surface area contributed by atoms with Crippen LogP contribution in [-0.2, 0) is 4.79 Å². The van der Waals surface area contributed by atoms with Gasteiger partial charge in [-0.15, -0.1) is 0 Å². The van der Waals surface area contributed by atoms with Gasteiger partial charge in [-0.1, -0.05) is 24.3 Å². The monoisotopic (exact) mass is 333 g/mol. The van der Waals surface area contributed by atoms with Gasteiger partial charge in [0.15, 0.2) is 0 Å². The molecule has 0 fully saturated rings. The molecule has 0 radical (unpaired) electrons. The number of carbonyl (C=O) groups is 2. The Hall–Kier alpha value is -3.47. The lowest BCUT2D eigenvalue weighted by Gasteiger charge is -2.11. The van der Waals surface area contributed by atoms with Crippen LogP contribution >= 0.6 is 0 Å². The smallest absolute Gasteiger partial charge is 0.343 e.